The van der Waals surface area contributed by atoms with E-state index in [9.17, 15) is 0 Å². The first-order valence-corrected chi connectivity index (χ1v) is 5.16. The van der Waals surface area contributed by atoms with Crippen LogP contribution in [0.1, 0.15) is 26.3 Å². The normalized spacial score (nSPS) is 9.36. The van der Waals surface area contributed by atoms with Crippen LogP contribution in [-0.2, 0) is 6.42 Å². The van der Waals surface area contributed by atoms with Crippen LogP contribution in [0.2, 0.25) is 0 Å². The van der Waals surface area contributed by atoms with Crippen LogP contribution in [0.3, 0.4) is 0 Å². The van der Waals surface area contributed by atoms with Crippen molar-refractivity contribution in [3.05, 3.63) is 29.8 Å². The van der Waals surface area contributed by atoms with E-state index in [0.29, 0.717) is 0 Å². The molecule has 0 aromatic heterocycles. The molecule has 14 heavy (non-hydrogen) atoms. The van der Waals surface area contributed by atoms with Crippen molar-refractivity contribution in [2.75, 3.05) is 18.0 Å². The minimum Gasteiger partial charge on any atom is -0.372 e. The molecule has 0 bridgehead atoms. The second-order valence-electron chi connectivity index (χ2n) is 3.15. The third-order valence-electron chi connectivity index (χ3n) is 2.48. The SMILES string of the molecule is CCc1ccccc1N(CC)CC.Cl. The molecule has 0 saturated heterocycles. The van der Waals surface area contributed by atoms with Gasteiger partial charge in [-0.1, -0.05) is 25.1 Å². The number of para-hydroxylation sites is 1. The first-order chi connectivity index (χ1) is 6.33. The Morgan fingerprint density at radius 3 is 2.07 bits per heavy atom. The Morgan fingerprint density at radius 2 is 1.57 bits per heavy atom. The summed E-state index contributed by atoms with van der Waals surface area (Å²) in [6.07, 6.45) is 1.12. The average Bonchev–Trinajstić information content (AvgIpc) is 2.20. The first kappa shape index (κ1) is 13.3. The van der Waals surface area contributed by atoms with Gasteiger partial charge in [-0.2, -0.15) is 0 Å². The molecule has 80 valence electrons. The van der Waals surface area contributed by atoms with Crippen LogP contribution in [0.15, 0.2) is 24.3 Å². The Balaban J connectivity index is 0.00000169. The lowest BCUT2D eigenvalue weighted by molar-refractivity contribution is 0.856. The highest BCUT2D eigenvalue weighted by Gasteiger charge is 2.04. The number of rotatable bonds is 4. The van der Waals surface area contributed by atoms with Gasteiger partial charge in [0.2, 0.25) is 0 Å². The van der Waals surface area contributed by atoms with Gasteiger partial charge in [-0.05, 0) is 31.9 Å². The number of halogens is 1. The van der Waals surface area contributed by atoms with E-state index in [1.165, 1.54) is 11.3 Å². The quantitative estimate of drug-likeness (QED) is 0.740. The van der Waals surface area contributed by atoms with Crippen molar-refractivity contribution in [3.63, 3.8) is 0 Å². The Morgan fingerprint density at radius 1 is 1.00 bits per heavy atom. The van der Waals surface area contributed by atoms with Gasteiger partial charge in [0.25, 0.3) is 0 Å². The maximum atomic E-state index is 2.40. The molecule has 0 heterocycles. The molecule has 0 fully saturated rings. The van der Waals surface area contributed by atoms with Crippen molar-refractivity contribution < 1.29 is 0 Å². The molecular formula is C12H20ClN. The molecule has 0 aliphatic carbocycles. The lowest BCUT2D eigenvalue weighted by Crippen LogP contribution is -2.22. The van der Waals surface area contributed by atoms with Crippen molar-refractivity contribution in [2.45, 2.75) is 27.2 Å². The summed E-state index contributed by atoms with van der Waals surface area (Å²) < 4.78 is 0. The van der Waals surface area contributed by atoms with E-state index in [2.05, 4.69) is 49.9 Å². The Labute approximate surface area is 93.5 Å². The van der Waals surface area contributed by atoms with E-state index in [-0.39, 0.29) is 12.4 Å². The number of hydrogen-bond acceptors (Lipinski definition) is 1. The fraction of sp³-hybridized carbons (Fsp3) is 0.500. The van der Waals surface area contributed by atoms with Crippen LogP contribution in [0, 0.1) is 0 Å². The van der Waals surface area contributed by atoms with Gasteiger partial charge in [-0.15, -0.1) is 12.4 Å². The molecule has 1 aromatic rings. The fourth-order valence-electron chi connectivity index (χ4n) is 1.68. The third kappa shape index (κ3) is 2.91. The standard InChI is InChI=1S/C12H19N.ClH/c1-4-11-9-7-8-10-12(11)13(5-2)6-3;/h7-10H,4-6H2,1-3H3;1H. The van der Waals surface area contributed by atoms with Gasteiger partial charge in [-0.25, -0.2) is 0 Å². The van der Waals surface area contributed by atoms with Crippen molar-refractivity contribution in [3.8, 4) is 0 Å². The summed E-state index contributed by atoms with van der Waals surface area (Å²) in [5, 5.41) is 0. The topological polar surface area (TPSA) is 3.24 Å². The molecule has 0 amide bonds. The van der Waals surface area contributed by atoms with Gasteiger partial charge in [0, 0.05) is 18.8 Å². The van der Waals surface area contributed by atoms with E-state index >= 15 is 0 Å². The lowest BCUT2D eigenvalue weighted by Gasteiger charge is -2.23. The number of hydrogen-bond donors (Lipinski definition) is 0. The van der Waals surface area contributed by atoms with Gasteiger partial charge in [-0.3, -0.25) is 0 Å². The number of nitrogens with zero attached hydrogens (tertiary/aromatic N) is 1. The van der Waals surface area contributed by atoms with E-state index in [4.69, 9.17) is 0 Å². The molecule has 1 rings (SSSR count). The molecule has 0 saturated carbocycles. The molecule has 0 atom stereocenters. The van der Waals surface area contributed by atoms with Crippen LogP contribution < -0.4 is 4.90 Å². The van der Waals surface area contributed by atoms with Crippen LogP contribution in [-0.4, -0.2) is 13.1 Å². The number of anilines is 1. The maximum absolute atomic E-state index is 2.40. The highest BCUT2D eigenvalue weighted by atomic mass is 35.5. The number of benzene rings is 1. The highest BCUT2D eigenvalue weighted by Crippen LogP contribution is 2.20. The summed E-state index contributed by atoms with van der Waals surface area (Å²) in [6.45, 7) is 8.80. The molecule has 0 radical (unpaired) electrons. The molecule has 1 aromatic carbocycles. The van der Waals surface area contributed by atoms with Crippen molar-refractivity contribution in [1.29, 1.82) is 0 Å². The van der Waals surface area contributed by atoms with Crippen molar-refractivity contribution >= 4 is 18.1 Å². The zero-order valence-corrected chi connectivity index (χ0v) is 10.1. The zero-order chi connectivity index (χ0) is 9.68. The van der Waals surface area contributed by atoms with Gasteiger partial charge in [0.1, 0.15) is 0 Å². The highest BCUT2D eigenvalue weighted by molar-refractivity contribution is 5.85. The molecular weight excluding hydrogens is 194 g/mol. The summed E-state index contributed by atoms with van der Waals surface area (Å²) in [7, 11) is 0. The second-order valence-corrected chi connectivity index (χ2v) is 3.15. The molecule has 0 N–H and O–H groups in total. The first-order valence-electron chi connectivity index (χ1n) is 5.16. The summed E-state index contributed by atoms with van der Waals surface area (Å²) >= 11 is 0. The molecule has 1 nitrogen and oxygen atoms in total. The summed E-state index contributed by atoms with van der Waals surface area (Å²) in [5.74, 6) is 0. The van der Waals surface area contributed by atoms with Gasteiger partial charge in [0.15, 0.2) is 0 Å². The van der Waals surface area contributed by atoms with E-state index in [1.54, 1.807) is 0 Å². The van der Waals surface area contributed by atoms with Crippen molar-refractivity contribution in [2.24, 2.45) is 0 Å². The average molecular weight is 214 g/mol. The van der Waals surface area contributed by atoms with E-state index in [1.807, 2.05) is 0 Å². The predicted octanol–water partition coefficient (Wildman–Crippen LogP) is 3.52. The molecule has 0 aliphatic heterocycles. The van der Waals surface area contributed by atoms with Crippen LogP contribution in [0.25, 0.3) is 0 Å². The molecule has 0 unspecified atom stereocenters. The largest absolute Gasteiger partial charge is 0.372 e. The van der Waals surface area contributed by atoms with Gasteiger partial charge >= 0.3 is 0 Å². The minimum absolute atomic E-state index is 0. The molecule has 0 spiro atoms. The lowest BCUT2D eigenvalue weighted by atomic mass is 10.1. The van der Waals surface area contributed by atoms with Gasteiger partial charge < -0.3 is 4.90 Å². The Hall–Kier alpha value is -0.690. The smallest absolute Gasteiger partial charge is 0.0398 e. The molecule has 0 aliphatic rings. The summed E-state index contributed by atoms with van der Waals surface area (Å²) in [6, 6.07) is 8.66. The van der Waals surface area contributed by atoms with Crippen molar-refractivity contribution in [1.82, 2.24) is 0 Å². The summed E-state index contributed by atoms with van der Waals surface area (Å²) in [5.41, 5.74) is 2.85. The van der Waals surface area contributed by atoms with Crippen LogP contribution >= 0.6 is 12.4 Å². The van der Waals surface area contributed by atoms with Gasteiger partial charge in [0.05, 0.1) is 0 Å². The van der Waals surface area contributed by atoms with E-state index in [0.717, 1.165) is 19.5 Å². The zero-order valence-electron chi connectivity index (χ0n) is 9.29. The second kappa shape index (κ2) is 6.72. The molecule has 2 heteroatoms. The Bertz CT molecular complexity index is 256. The minimum atomic E-state index is 0. The summed E-state index contributed by atoms with van der Waals surface area (Å²) in [4.78, 5) is 2.40. The predicted molar refractivity (Wildman–Crippen MR) is 66.6 cm³/mol. The van der Waals surface area contributed by atoms with Crippen LogP contribution in [0.5, 0.6) is 0 Å². The van der Waals surface area contributed by atoms with Crippen LogP contribution in [0.4, 0.5) is 5.69 Å². The maximum Gasteiger partial charge on any atom is 0.0398 e. The Kier molecular flexibility index (Phi) is 6.39. The third-order valence-corrected chi connectivity index (χ3v) is 2.48. The monoisotopic (exact) mass is 213 g/mol. The van der Waals surface area contributed by atoms with E-state index < -0.39 is 0 Å². The fourth-order valence-corrected chi connectivity index (χ4v) is 1.68. The number of aryl methyl sites for hydroxylation is 1.